The first-order chi connectivity index (χ1) is 14.1. The molecule has 1 unspecified atom stereocenters. The fourth-order valence-electron chi connectivity index (χ4n) is 5.07. The van der Waals surface area contributed by atoms with Crippen LogP contribution < -0.4 is 0 Å². The lowest BCUT2D eigenvalue weighted by atomic mass is 9.96. The number of imide groups is 1. The van der Waals surface area contributed by atoms with E-state index >= 15 is 0 Å². The average Bonchev–Trinajstić information content (AvgIpc) is 2.90. The lowest BCUT2D eigenvalue weighted by molar-refractivity contribution is -0.140. The van der Waals surface area contributed by atoms with E-state index in [1.807, 2.05) is 31.2 Å². The van der Waals surface area contributed by atoms with E-state index in [9.17, 15) is 14.7 Å². The number of aliphatic hydroxyl groups excluding tert-OH is 1. The van der Waals surface area contributed by atoms with Gasteiger partial charge in [-0.1, -0.05) is 55.5 Å². The molecule has 2 fully saturated rings. The molecule has 1 aromatic rings. The maximum absolute atomic E-state index is 13.6. The lowest BCUT2D eigenvalue weighted by Gasteiger charge is -2.34. The van der Waals surface area contributed by atoms with Gasteiger partial charge in [-0.15, -0.1) is 0 Å². The maximum Gasteiger partial charge on any atom is 0.278 e. The molecule has 5 heteroatoms. The topological polar surface area (TPSA) is 60.9 Å². The third-order valence-electron chi connectivity index (χ3n) is 6.71. The van der Waals surface area contributed by atoms with Crippen molar-refractivity contribution in [2.75, 3.05) is 19.7 Å². The number of aliphatic hydroxyl groups is 1. The van der Waals surface area contributed by atoms with Gasteiger partial charge in [0.2, 0.25) is 0 Å². The Hall–Kier alpha value is -2.14. The average molecular weight is 397 g/mol. The Morgan fingerprint density at radius 1 is 0.931 bits per heavy atom. The summed E-state index contributed by atoms with van der Waals surface area (Å²) in [6.07, 6.45) is 8.23. The zero-order chi connectivity index (χ0) is 20.4. The third kappa shape index (κ3) is 3.97. The number of carbonyl (C=O) groups excluding carboxylic acids is 2. The molecule has 1 atom stereocenters. The molecule has 2 heterocycles. The number of likely N-dealkylation sites (tertiary alicyclic amines) is 1. The number of piperidine rings is 1. The summed E-state index contributed by atoms with van der Waals surface area (Å²) in [7, 11) is 0. The third-order valence-corrected chi connectivity index (χ3v) is 6.71. The van der Waals surface area contributed by atoms with Crippen LogP contribution in [-0.2, 0) is 9.59 Å². The summed E-state index contributed by atoms with van der Waals surface area (Å²) < 4.78 is 0. The van der Waals surface area contributed by atoms with Gasteiger partial charge in [0.05, 0.1) is 5.57 Å². The second kappa shape index (κ2) is 8.70. The molecule has 29 heavy (non-hydrogen) atoms. The number of carbonyl (C=O) groups is 2. The maximum atomic E-state index is 13.6. The van der Waals surface area contributed by atoms with Crippen molar-refractivity contribution in [1.29, 1.82) is 0 Å². The number of nitrogens with zero attached hydrogens (tertiary/aromatic N) is 2. The van der Waals surface area contributed by atoms with Gasteiger partial charge in [-0.05, 0) is 44.1 Å². The molecule has 0 bridgehead atoms. The standard InChI is InChI=1S/C24H32N2O3/c1-17-10-12-19(13-11-17)21-22(25-14-6-7-18(15-25)16-27)24(29)26(23(21)28)20-8-4-2-3-5-9-20/h10-13,18,20,27H,2-9,14-16H2,1H3. The predicted octanol–water partition coefficient (Wildman–Crippen LogP) is 3.50. The van der Waals surface area contributed by atoms with E-state index < -0.39 is 0 Å². The number of benzene rings is 1. The molecule has 1 aliphatic carbocycles. The zero-order valence-electron chi connectivity index (χ0n) is 17.4. The van der Waals surface area contributed by atoms with E-state index in [1.165, 1.54) is 12.8 Å². The predicted molar refractivity (Wildman–Crippen MR) is 113 cm³/mol. The fourth-order valence-corrected chi connectivity index (χ4v) is 5.07. The van der Waals surface area contributed by atoms with Gasteiger partial charge < -0.3 is 10.0 Å². The van der Waals surface area contributed by atoms with Crippen molar-refractivity contribution in [3.05, 3.63) is 41.1 Å². The molecule has 5 nitrogen and oxygen atoms in total. The van der Waals surface area contributed by atoms with Gasteiger partial charge in [-0.25, -0.2) is 0 Å². The highest BCUT2D eigenvalue weighted by Gasteiger charge is 2.45. The summed E-state index contributed by atoms with van der Waals surface area (Å²) in [6, 6.07) is 7.92. The Labute approximate surface area is 173 Å². The summed E-state index contributed by atoms with van der Waals surface area (Å²) in [5.41, 5.74) is 3.07. The van der Waals surface area contributed by atoms with Crippen LogP contribution in [0.5, 0.6) is 0 Å². The second-order valence-electron chi connectivity index (χ2n) is 8.85. The normalized spacial score (nSPS) is 24.4. The molecule has 1 N–H and O–H groups in total. The summed E-state index contributed by atoms with van der Waals surface area (Å²) in [4.78, 5) is 30.8. The smallest absolute Gasteiger partial charge is 0.278 e. The Kier molecular flexibility index (Phi) is 6.04. The molecule has 0 spiro atoms. The van der Waals surface area contributed by atoms with E-state index in [2.05, 4.69) is 4.90 Å². The molecule has 2 amide bonds. The van der Waals surface area contributed by atoms with Gasteiger partial charge in [0.15, 0.2) is 0 Å². The molecule has 2 aliphatic heterocycles. The Morgan fingerprint density at radius 3 is 2.28 bits per heavy atom. The summed E-state index contributed by atoms with van der Waals surface area (Å²) in [5.74, 6) is -0.103. The summed E-state index contributed by atoms with van der Waals surface area (Å²) in [6.45, 7) is 3.55. The van der Waals surface area contributed by atoms with Gasteiger partial charge >= 0.3 is 0 Å². The Morgan fingerprint density at radius 2 is 1.62 bits per heavy atom. The molecule has 1 saturated carbocycles. The van der Waals surface area contributed by atoms with Gasteiger partial charge in [-0.2, -0.15) is 0 Å². The minimum absolute atomic E-state index is 0.00822. The second-order valence-corrected chi connectivity index (χ2v) is 8.85. The van der Waals surface area contributed by atoms with E-state index in [1.54, 1.807) is 4.90 Å². The van der Waals surface area contributed by atoms with Crippen LogP contribution in [0.15, 0.2) is 30.0 Å². The molecule has 156 valence electrons. The molecule has 1 aromatic carbocycles. The van der Waals surface area contributed by atoms with Crippen LogP contribution in [0.4, 0.5) is 0 Å². The number of aryl methyl sites for hydroxylation is 1. The van der Waals surface area contributed by atoms with Crippen LogP contribution >= 0.6 is 0 Å². The van der Waals surface area contributed by atoms with Gasteiger partial charge in [0.1, 0.15) is 5.70 Å². The first-order valence-corrected chi connectivity index (χ1v) is 11.1. The quantitative estimate of drug-likeness (QED) is 0.625. The van der Waals surface area contributed by atoms with Gasteiger partial charge in [0.25, 0.3) is 11.8 Å². The van der Waals surface area contributed by atoms with Crippen molar-refractivity contribution in [3.63, 3.8) is 0 Å². The molecule has 0 radical (unpaired) electrons. The lowest BCUT2D eigenvalue weighted by Crippen LogP contribution is -2.44. The Balaban J connectivity index is 1.73. The number of amides is 2. The van der Waals surface area contributed by atoms with E-state index in [0.29, 0.717) is 17.8 Å². The van der Waals surface area contributed by atoms with Crippen LogP contribution in [0, 0.1) is 12.8 Å². The van der Waals surface area contributed by atoms with Crippen molar-refractivity contribution < 1.29 is 14.7 Å². The highest BCUT2D eigenvalue weighted by atomic mass is 16.3. The first-order valence-electron chi connectivity index (χ1n) is 11.1. The molecule has 1 saturated heterocycles. The SMILES string of the molecule is Cc1ccc(C2=C(N3CCCC(CO)C3)C(=O)N(C3CCCCCC3)C2=O)cc1. The van der Waals surface area contributed by atoms with Crippen molar-refractivity contribution in [2.24, 2.45) is 5.92 Å². The van der Waals surface area contributed by atoms with E-state index in [0.717, 1.165) is 56.2 Å². The summed E-state index contributed by atoms with van der Waals surface area (Å²) >= 11 is 0. The highest BCUT2D eigenvalue weighted by Crippen LogP contribution is 2.37. The van der Waals surface area contributed by atoms with Crippen molar-refractivity contribution in [1.82, 2.24) is 9.80 Å². The molecular weight excluding hydrogens is 364 g/mol. The molecular formula is C24H32N2O3. The Bertz CT molecular complexity index is 791. The zero-order valence-corrected chi connectivity index (χ0v) is 17.4. The fraction of sp³-hybridized carbons (Fsp3) is 0.583. The van der Waals surface area contributed by atoms with Crippen LogP contribution in [-0.4, -0.2) is 52.5 Å². The van der Waals surface area contributed by atoms with Crippen LogP contribution in [0.25, 0.3) is 5.57 Å². The largest absolute Gasteiger partial charge is 0.396 e. The first kappa shape index (κ1) is 20.1. The van der Waals surface area contributed by atoms with Gasteiger partial charge in [-0.3, -0.25) is 14.5 Å². The van der Waals surface area contributed by atoms with E-state index in [4.69, 9.17) is 0 Å². The highest BCUT2D eigenvalue weighted by molar-refractivity contribution is 6.35. The van der Waals surface area contributed by atoms with E-state index in [-0.39, 0.29) is 30.4 Å². The number of rotatable bonds is 4. The van der Waals surface area contributed by atoms with Crippen molar-refractivity contribution in [2.45, 2.75) is 64.3 Å². The number of hydrogen-bond acceptors (Lipinski definition) is 4. The van der Waals surface area contributed by atoms with Crippen molar-refractivity contribution >= 4 is 17.4 Å². The van der Waals surface area contributed by atoms with Crippen molar-refractivity contribution in [3.8, 4) is 0 Å². The monoisotopic (exact) mass is 396 g/mol. The van der Waals surface area contributed by atoms with Crippen LogP contribution in [0.1, 0.15) is 62.5 Å². The minimum atomic E-state index is -0.133. The molecule has 0 aromatic heterocycles. The summed E-state index contributed by atoms with van der Waals surface area (Å²) in [5, 5.41) is 9.67. The minimum Gasteiger partial charge on any atom is -0.396 e. The van der Waals surface area contributed by atoms with Crippen LogP contribution in [0.3, 0.4) is 0 Å². The van der Waals surface area contributed by atoms with Crippen LogP contribution in [0.2, 0.25) is 0 Å². The van der Waals surface area contributed by atoms with Gasteiger partial charge in [0, 0.05) is 25.7 Å². The molecule has 3 aliphatic rings. The molecule has 4 rings (SSSR count). The number of hydrogen-bond donors (Lipinski definition) is 1.